The molecule has 0 aliphatic carbocycles. The summed E-state index contributed by atoms with van der Waals surface area (Å²) < 4.78 is 10.4. The van der Waals surface area contributed by atoms with Crippen LogP contribution in [-0.2, 0) is 0 Å². The number of methoxy groups -OCH3 is 2. The Morgan fingerprint density at radius 1 is 1.17 bits per heavy atom. The molecule has 0 atom stereocenters. The first-order valence-electron chi connectivity index (χ1n) is 5.97. The smallest absolute Gasteiger partial charge is 0.170 e. The first-order valence-corrected chi connectivity index (χ1v) is 6.38. The van der Waals surface area contributed by atoms with Gasteiger partial charge >= 0.3 is 0 Å². The highest BCUT2D eigenvalue weighted by Gasteiger charge is 2.03. The van der Waals surface area contributed by atoms with Crippen LogP contribution >= 0.6 is 12.2 Å². The molecule has 0 saturated heterocycles. The first kappa shape index (κ1) is 14.6. The molecule has 1 aromatic carbocycles. The third-order valence-electron chi connectivity index (χ3n) is 2.43. The van der Waals surface area contributed by atoms with E-state index in [2.05, 4.69) is 17.6 Å². The minimum Gasteiger partial charge on any atom is -0.497 e. The Labute approximate surface area is 114 Å². The molecule has 4 nitrogen and oxygen atoms in total. The second-order valence-electron chi connectivity index (χ2n) is 3.84. The number of unbranched alkanes of at least 4 members (excludes halogenated alkanes) is 1. The molecule has 2 N–H and O–H groups in total. The zero-order valence-corrected chi connectivity index (χ0v) is 11.9. The van der Waals surface area contributed by atoms with Gasteiger partial charge in [-0.3, -0.25) is 0 Å². The molecule has 0 spiro atoms. The van der Waals surface area contributed by atoms with Crippen molar-refractivity contribution in [3.05, 3.63) is 18.2 Å². The number of thiocarbonyl (C=S) groups is 1. The molecule has 0 bridgehead atoms. The molecular weight excluding hydrogens is 248 g/mol. The van der Waals surface area contributed by atoms with Crippen molar-refractivity contribution in [1.29, 1.82) is 0 Å². The zero-order chi connectivity index (χ0) is 13.4. The van der Waals surface area contributed by atoms with Crippen LogP contribution in [0.1, 0.15) is 19.8 Å². The van der Waals surface area contributed by atoms with Gasteiger partial charge in [0.15, 0.2) is 5.11 Å². The molecule has 0 unspecified atom stereocenters. The number of rotatable bonds is 6. The lowest BCUT2D eigenvalue weighted by Crippen LogP contribution is -2.29. The van der Waals surface area contributed by atoms with E-state index in [1.54, 1.807) is 14.2 Å². The summed E-state index contributed by atoms with van der Waals surface area (Å²) in [6.45, 7) is 3.02. The molecule has 0 aliphatic heterocycles. The van der Waals surface area contributed by atoms with Gasteiger partial charge in [0.1, 0.15) is 11.5 Å². The molecule has 0 heterocycles. The lowest BCUT2D eigenvalue weighted by atomic mass is 10.3. The summed E-state index contributed by atoms with van der Waals surface area (Å²) in [5, 5.41) is 6.87. The van der Waals surface area contributed by atoms with Crippen LogP contribution < -0.4 is 20.1 Å². The fourth-order valence-corrected chi connectivity index (χ4v) is 1.65. The molecule has 0 amide bonds. The summed E-state index contributed by atoms with van der Waals surface area (Å²) in [7, 11) is 3.24. The van der Waals surface area contributed by atoms with Gasteiger partial charge in [0.25, 0.3) is 0 Å². The Balaban J connectivity index is 2.62. The molecule has 0 radical (unpaired) electrons. The second kappa shape index (κ2) is 7.76. The third kappa shape index (κ3) is 4.79. The number of nitrogens with one attached hydrogen (secondary N) is 2. The predicted molar refractivity (Wildman–Crippen MR) is 78.7 cm³/mol. The molecule has 0 saturated carbocycles. The molecule has 0 fully saturated rings. The van der Waals surface area contributed by atoms with Gasteiger partial charge in [-0.2, -0.15) is 0 Å². The van der Waals surface area contributed by atoms with Crippen LogP contribution in [0.4, 0.5) is 5.69 Å². The van der Waals surface area contributed by atoms with E-state index in [1.807, 2.05) is 18.2 Å². The highest BCUT2D eigenvalue weighted by atomic mass is 32.1. The van der Waals surface area contributed by atoms with Crippen molar-refractivity contribution >= 4 is 23.0 Å². The lowest BCUT2D eigenvalue weighted by Gasteiger charge is -2.12. The second-order valence-corrected chi connectivity index (χ2v) is 4.24. The van der Waals surface area contributed by atoms with Crippen molar-refractivity contribution in [2.24, 2.45) is 0 Å². The monoisotopic (exact) mass is 268 g/mol. The zero-order valence-electron chi connectivity index (χ0n) is 11.1. The maximum absolute atomic E-state index is 5.20. The Hall–Kier alpha value is -1.49. The van der Waals surface area contributed by atoms with E-state index in [0.29, 0.717) is 5.11 Å². The van der Waals surface area contributed by atoms with E-state index < -0.39 is 0 Å². The van der Waals surface area contributed by atoms with Crippen LogP contribution in [0.3, 0.4) is 0 Å². The topological polar surface area (TPSA) is 42.5 Å². The fraction of sp³-hybridized carbons (Fsp3) is 0.462. The van der Waals surface area contributed by atoms with E-state index in [-0.39, 0.29) is 0 Å². The minimum absolute atomic E-state index is 0.610. The van der Waals surface area contributed by atoms with Gasteiger partial charge in [-0.15, -0.1) is 0 Å². The molecule has 1 rings (SSSR count). The summed E-state index contributed by atoms with van der Waals surface area (Å²) in [4.78, 5) is 0. The third-order valence-corrected chi connectivity index (χ3v) is 2.67. The standard InChI is InChI=1S/C13H20N2O2S/c1-4-5-6-14-13(18)15-10-7-11(16-2)9-12(8-10)17-3/h7-9H,4-6H2,1-3H3,(H2,14,15,18). The maximum Gasteiger partial charge on any atom is 0.170 e. The molecule has 18 heavy (non-hydrogen) atoms. The summed E-state index contributed by atoms with van der Waals surface area (Å²) >= 11 is 5.20. The van der Waals surface area contributed by atoms with Gasteiger partial charge < -0.3 is 20.1 Å². The molecule has 0 aromatic heterocycles. The van der Waals surface area contributed by atoms with Crippen LogP contribution in [0.15, 0.2) is 18.2 Å². The van der Waals surface area contributed by atoms with E-state index in [9.17, 15) is 0 Å². The van der Waals surface area contributed by atoms with Gasteiger partial charge in [0.2, 0.25) is 0 Å². The van der Waals surface area contributed by atoms with Gasteiger partial charge in [0.05, 0.1) is 14.2 Å². The van der Waals surface area contributed by atoms with Gasteiger partial charge in [-0.25, -0.2) is 0 Å². The van der Waals surface area contributed by atoms with Crippen LogP contribution in [0.5, 0.6) is 11.5 Å². The Morgan fingerprint density at radius 2 is 1.78 bits per heavy atom. The normalized spacial score (nSPS) is 9.72. The highest BCUT2D eigenvalue weighted by Crippen LogP contribution is 2.25. The van der Waals surface area contributed by atoms with Crippen molar-refractivity contribution in [2.75, 3.05) is 26.1 Å². The van der Waals surface area contributed by atoms with E-state index in [4.69, 9.17) is 21.7 Å². The number of ether oxygens (including phenoxy) is 2. The van der Waals surface area contributed by atoms with E-state index in [1.165, 1.54) is 0 Å². The van der Waals surface area contributed by atoms with Crippen molar-refractivity contribution in [1.82, 2.24) is 5.32 Å². The maximum atomic E-state index is 5.20. The average Bonchev–Trinajstić information content (AvgIpc) is 2.38. The number of benzene rings is 1. The van der Waals surface area contributed by atoms with Crippen LogP contribution in [-0.4, -0.2) is 25.9 Å². The predicted octanol–water partition coefficient (Wildman–Crippen LogP) is 2.79. The molecule has 0 aliphatic rings. The first-order chi connectivity index (χ1) is 8.69. The van der Waals surface area contributed by atoms with Crippen molar-refractivity contribution < 1.29 is 9.47 Å². The molecule has 5 heteroatoms. The van der Waals surface area contributed by atoms with Crippen LogP contribution in [0, 0.1) is 0 Å². The fourth-order valence-electron chi connectivity index (χ4n) is 1.43. The Morgan fingerprint density at radius 3 is 2.28 bits per heavy atom. The van der Waals surface area contributed by atoms with Gasteiger partial charge in [0, 0.05) is 30.4 Å². The number of anilines is 1. The van der Waals surface area contributed by atoms with Gasteiger partial charge in [-0.05, 0) is 18.6 Å². The van der Waals surface area contributed by atoms with E-state index in [0.717, 1.165) is 36.6 Å². The number of hydrogen-bond donors (Lipinski definition) is 2. The molecule has 1 aromatic rings. The average molecular weight is 268 g/mol. The minimum atomic E-state index is 0.610. The van der Waals surface area contributed by atoms with Crippen molar-refractivity contribution in [2.45, 2.75) is 19.8 Å². The summed E-state index contributed by atoms with van der Waals surface area (Å²) in [5.74, 6) is 1.46. The van der Waals surface area contributed by atoms with Crippen LogP contribution in [0.25, 0.3) is 0 Å². The van der Waals surface area contributed by atoms with Crippen LogP contribution in [0.2, 0.25) is 0 Å². The Bertz CT molecular complexity index is 374. The summed E-state index contributed by atoms with van der Waals surface area (Å²) in [6, 6.07) is 5.56. The SMILES string of the molecule is CCCCNC(=S)Nc1cc(OC)cc(OC)c1. The van der Waals surface area contributed by atoms with Crippen molar-refractivity contribution in [3.63, 3.8) is 0 Å². The quantitative estimate of drug-likeness (QED) is 0.613. The highest BCUT2D eigenvalue weighted by molar-refractivity contribution is 7.80. The van der Waals surface area contributed by atoms with E-state index >= 15 is 0 Å². The van der Waals surface area contributed by atoms with Crippen molar-refractivity contribution in [3.8, 4) is 11.5 Å². The summed E-state index contributed by atoms with van der Waals surface area (Å²) in [5.41, 5.74) is 0.847. The molecule has 100 valence electrons. The Kier molecular flexibility index (Phi) is 6.28. The lowest BCUT2D eigenvalue weighted by molar-refractivity contribution is 0.395. The molecular formula is C13H20N2O2S. The largest absolute Gasteiger partial charge is 0.497 e. The van der Waals surface area contributed by atoms with Gasteiger partial charge in [-0.1, -0.05) is 13.3 Å². The number of hydrogen-bond acceptors (Lipinski definition) is 3. The summed E-state index contributed by atoms with van der Waals surface area (Å²) in [6.07, 6.45) is 2.24.